The maximum Gasteiger partial charge on any atom is 0.509 e. The van der Waals surface area contributed by atoms with Crippen LogP contribution in [0.5, 0.6) is 0 Å². The third-order valence-corrected chi connectivity index (χ3v) is 12.7. The lowest BCUT2D eigenvalue weighted by Gasteiger charge is -2.48. The summed E-state index contributed by atoms with van der Waals surface area (Å²) in [6.45, 7) is 18.7. The zero-order chi connectivity index (χ0) is 40.7. The van der Waals surface area contributed by atoms with Crippen molar-refractivity contribution in [2.24, 2.45) is 17.8 Å². The van der Waals surface area contributed by atoms with E-state index >= 15 is 0 Å². The molecule has 0 radical (unpaired) electrons. The van der Waals surface area contributed by atoms with Gasteiger partial charge >= 0.3 is 12.1 Å². The topological polar surface area (TPSA) is 175 Å². The maximum absolute atomic E-state index is 14.4. The first-order chi connectivity index (χ1) is 25.0. The van der Waals surface area contributed by atoms with Crippen LogP contribution in [0.2, 0.25) is 0 Å². The molecule has 0 aromatic heterocycles. The Balaban J connectivity index is 1.83. The second-order valence-electron chi connectivity index (χ2n) is 17.6. The van der Waals surface area contributed by atoms with Crippen LogP contribution in [-0.2, 0) is 42.7 Å². The Bertz CT molecular complexity index is 1270. The van der Waals surface area contributed by atoms with E-state index in [1.807, 2.05) is 65.6 Å². The first kappa shape index (κ1) is 45.0. The third kappa shape index (κ3) is 9.37. The Kier molecular flexibility index (Phi) is 14.6. The lowest BCUT2D eigenvalue weighted by atomic mass is 9.77. The minimum absolute atomic E-state index is 0.117. The minimum atomic E-state index is -1.55. The molecule has 0 aromatic rings. The summed E-state index contributed by atoms with van der Waals surface area (Å²) in [4.78, 5) is 31.1. The molecule has 4 fully saturated rings. The number of carbonyl (C=O) groups is 2. The molecule has 15 heteroatoms. The van der Waals surface area contributed by atoms with Gasteiger partial charge in [0.1, 0.15) is 18.3 Å². The number of esters is 1. The summed E-state index contributed by atoms with van der Waals surface area (Å²) in [5, 5.41) is 35.1. The standard InChI is InChI=1S/C39H70N2O13/c1-15-27-39(10)33(53-36(45)54-39)24(6)41(13)19-20(2)17-37(8,46)32(52-35-29(42)26(40(11)12)16-21(3)48-35)22(4)30(23(5)34(44)50-27)51-28-18-38(9,47-14)31(43)25(7)49-28/h20-33,35,42-43,46H,15-19H2,1-14H3/t20-,21-,22+,23-,24-,25+,26+,27-,28+,29-,30+,31+,32-,33?,35+,37-,38-,39-/m1/s1. The van der Waals surface area contributed by atoms with Gasteiger partial charge in [-0.3, -0.25) is 9.69 Å². The highest BCUT2D eigenvalue weighted by Crippen LogP contribution is 2.42. The first-order valence-electron chi connectivity index (χ1n) is 19.7. The molecule has 0 bridgehead atoms. The molecule has 0 aromatic carbocycles. The fourth-order valence-corrected chi connectivity index (χ4v) is 9.35. The lowest BCUT2D eigenvalue weighted by Crippen LogP contribution is -2.60. The van der Waals surface area contributed by atoms with Crippen molar-refractivity contribution >= 4 is 12.1 Å². The molecule has 314 valence electrons. The van der Waals surface area contributed by atoms with E-state index in [0.717, 1.165) is 0 Å². The van der Waals surface area contributed by atoms with Crippen LogP contribution in [0.25, 0.3) is 0 Å². The fraction of sp³-hybridized carbons (Fsp3) is 0.949. The summed E-state index contributed by atoms with van der Waals surface area (Å²) >= 11 is 0. The zero-order valence-corrected chi connectivity index (χ0v) is 35.0. The Hall–Kier alpha value is -1.66. The zero-order valence-electron chi connectivity index (χ0n) is 35.0. The number of aliphatic hydroxyl groups is 3. The quantitative estimate of drug-likeness (QED) is 0.322. The van der Waals surface area contributed by atoms with Crippen molar-refractivity contribution in [2.45, 2.75) is 185 Å². The van der Waals surface area contributed by atoms with E-state index in [2.05, 4.69) is 0 Å². The number of carbonyl (C=O) groups excluding carboxylic acids is 2. The molecule has 0 saturated carbocycles. The second kappa shape index (κ2) is 17.5. The highest BCUT2D eigenvalue weighted by atomic mass is 16.8. The SMILES string of the molecule is CC[C@H]1OC(=O)[C@H](C)[C@@H](O[C@H]2C[C@@](C)(OC)[C@@H](O)[C@H](C)O2)[C@H](C)[C@@H](O[C@@H]2O[C@H](C)C[C@H](N(C)C)[C@H]2O)[C@](C)(O)C[C@@H](C)CN(C)[C@H](C)C2OC(=O)O[C@@]21C. The smallest absolute Gasteiger partial charge is 0.458 e. The Morgan fingerprint density at radius 2 is 1.61 bits per heavy atom. The van der Waals surface area contributed by atoms with Gasteiger partial charge in [-0.05, 0) is 94.8 Å². The summed E-state index contributed by atoms with van der Waals surface area (Å²) < 4.78 is 49.5. The number of likely N-dealkylation sites (N-methyl/N-ethyl adjacent to an activating group) is 2. The van der Waals surface area contributed by atoms with Crippen LogP contribution in [0, 0.1) is 17.8 Å². The van der Waals surface area contributed by atoms with Gasteiger partial charge in [0.2, 0.25) is 0 Å². The van der Waals surface area contributed by atoms with Gasteiger partial charge in [-0.15, -0.1) is 0 Å². The molecule has 54 heavy (non-hydrogen) atoms. The van der Waals surface area contributed by atoms with E-state index in [9.17, 15) is 24.9 Å². The predicted octanol–water partition coefficient (Wildman–Crippen LogP) is 3.08. The fourth-order valence-electron chi connectivity index (χ4n) is 9.35. The van der Waals surface area contributed by atoms with Gasteiger partial charge in [0, 0.05) is 38.1 Å². The lowest BCUT2D eigenvalue weighted by molar-refractivity contribution is -0.318. The van der Waals surface area contributed by atoms with Crippen LogP contribution >= 0.6 is 0 Å². The molecule has 4 heterocycles. The summed E-state index contributed by atoms with van der Waals surface area (Å²) in [7, 11) is 7.21. The number of rotatable bonds is 7. The molecule has 4 aliphatic heterocycles. The molecular weight excluding hydrogens is 704 g/mol. The van der Waals surface area contributed by atoms with Crippen LogP contribution in [0.15, 0.2) is 0 Å². The van der Waals surface area contributed by atoms with Crippen molar-refractivity contribution in [3.63, 3.8) is 0 Å². The number of aliphatic hydroxyl groups excluding tert-OH is 2. The molecule has 15 nitrogen and oxygen atoms in total. The molecule has 4 saturated heterocycles. The third-order valence-electron chi connectivity index (χ3n) is 12.7. The second-order valence-corrected chi connectivity index (χ2v) is 17.6. The van der Waals surface area contributed by atoms with Gasteiger partial charge in [-0.1, -0.05) is 20.8 Å². The number of fused-ring (bicyclic) bond motifs is 1. The number of methoxy groups -OCH3 is 1. The van der Waals surface area contributed by atoms with Crippen molar-refractivity contribution in [1.29, 1.82) is 0 Å². The van der Waals surface area contributed by atoms with E-state index in [4.69, 9.17) is 37.9 Å². The summed E-state index contributed by atoms with van der Waals surface area (Å²) in [5.41, 5.74) is -3.87. The summed E-state index contributed by atoms with van der Waals surface area (Å²) in [5.74, 6) is -2.46. The Labute approximate surface area is 322 Å². The predicted molar refractivity (Wildman–Crippen MR) is 197 cm³/mol. The maximum atomic E-state index is 14.4. The molecule has 0 spiro atoms. The molecule has 4 rings (SSSR count). The van der Waals surface area contributed by atoms with Crippen molar-refractivity contribution in [1.82, 2.24) is 9.80 Å². The number of ether oxygens (including phenoxy) is 8. The molecule has 0 aliphatic carbocycles. The van der Waals surface area contributed by atoms with Crippen LogP contribution in [-0.4, -0.2) is 162 Å². The van der Waals surface area contributed by atoms with Crippen molar-refractivity contribution < 1.29 is 62.8 Å². The summed E-state index contributed by atoms with van der Waals surface area (Å²) in [6, 6.07) is -0.619. The minimum Gasteiger partial charge on any atom is -0.458 e. The average Bonchev–Trinajstić information content (AvgIpc) is 3.40. The largest absolute Gasteiger partial charge is 0.509 e. The monoisotopic (exact) mass is 774 g/mol. The van der Waals surface area contributed by atoms with Crippen molar-refractivity contribution in [2.75, 3.05) is 34.8 Å². The van der Waals surface area contributed by atoms with E-state index in [0.29, 0.717) is 19.4 Å². The van der Waals surface area contributed by atoms with Gasteiger partial charge in [0.25, 0.3) is 0 Å². The van der Waals surface area contributed by atoms with Crippen molar-refractivity contribution in [3.8, 4) is 0 Å². The van der Waals surface area contributed by atoms with Gasteiger partial charge < -0.3 is 58.1 Å². The summed E-state index contributed by atoms with van der Waals surface area (Å²) in [6.07, 6.45) is -8.15. The molecule has 4 aliphatic rings. The Morgan fingerprint density at radius 3 is 2.20 bits per heavy atom. The first-order valence-corrected chi connectivity index (χ1v) is 19.7. The average molecular weight is 775 g/mol. The molecule has 18 atom stereocenters. The van der Waals surface area contributed by atoms with Crippen LogP contribution in [0.1, 0.15) is 94.9 Å². The van der Waals surface area contributed by atoms with E-state index in [1.165, 1.54) is 7.11 Å². The molecule has 3 N–H and O–H groups in total. The number of cyclic esters (lactones) is 1. The number of nitrogens with zero attached hydrogens (tertiary/aromatic N) is 2. The van der Waals surface area contributed by atoms with Gasteiger partial charge in [0.05, 0.1) is 41.5 Å². The van der Waals surface area contributed by atoms with E-state index < -0.39 is 96.1 Å². The number of hydrogen-bond acceptors (Lipinski definition) is 15. The normalized spacial score (nSPS) is 49.0. The van der Waals surface area contributed by atoms with E-state index in [1.54, 1.807) is 34.6 Å². The Morgan fingerprint density at radius 1 is 0.963 bits per heavy atom. The highest BCUT2D eigenvalue weighted by molar-refractivity contribution is 5.73. The van der Waals surface area contributed by atoms with Crippen LogP contribution < -0.4 is 0 Å². The molecule has 1 unspecified atom stereocenters. The van der Waals surface area contributed by atoms with Gasteiger partial charge in [0.15, 0.2) is 24.3 Å². The van der Waals surface area contributed by atoms with Crippen LogP contribution in [0.3, 0.4) is 0 Å². The van der Waals surface area contributed by atoms with Gasteiger partial charge in [-0.25, -0.2) is 4.79 Å². The molecule has 0 amide bonds. The van der Waals surface area contributed by atoms with E-state index in [-0.39, 0.29) is 36.9 Å². The molecular formula is C39H70N2O13. The van der Waals surface area contributed by atoms with Gasteiger partial charge in [-0.2, -0.15) is 0 Å². The highest BCUT2D eigenvalue weighted by Gasteiger charge is 2.58. The number of hydrogen-bond donors (Lipinski definition) is 3. The van der Waals surface area contributed by atoms with Crippen molar-refractivity contribution in [3.05, 3.63) is 0 Å². The van der Waals surface area contributed by atoms with Crippen LogP contribution in [0.4, 0.5) is 4.79 Å².